The van der Waals surface area contributed by atoms with Gasteiger partial charge < -0.3 is 14.2 Å². The summed E-state index contributed by atoms with van der Waals surface area (Å²) in [6, 6.07) is 16.8. The summed E-state index contributed by atoms with van der Waals surface area (Å²) in [4.78, 5) is 19.7. The van der Waals surface area contributed by atoms with Gasteiger partial charge in [0, 0.05) is 28.9 Å². The summed E-state index contributed by atoms with van der Waals surface area (Å²) in [6.45, 7) is 5.05. The van der Waals surface area contributed by atoms with Crippen LogP contribution in [0.1, 0.15) is 37.8 Å². The van der Waals surface area contributed by atoms with Crippen LogP contribution >= 0.6 is 15.9 Å². The van der Waals surface area contributed by atoms with E-state index in [4.69, 9.17) is 4.74 Å². The summed E-state index contributed by atoms with van der Waals surface area (Å²) in [5, 5.41) is 0. The fourth-order valence-electron chi connectivity index (χ4n) is 4.87. The molecule has 1 atom stereocenters. The van der Waals surface area contributed by atoms with E-state index in [1.54, 1.807) is 0 Å². The third-order valence-electron chi connectivity index (χ3n) is 6.40. The van der Waals surface area contributed by atoms with Crippen molar-refractivity contribution in [3.63, 3.8) is 0 Å². The zero-order valence-electron chi connectivity index (χ0n) is 17.1. The first-order chi connectivity index (χ1) is 14.4. The fraction of sp³-hybridized carbons (Fsp3) is 0.333. The van der Waals surface area contributed by atoms with Gasteiger partial charge in [0.25, 0.3) is 0 Å². The number of carbonyl (C=O) groups excluding carboxylic acids is 1. The number of aromatic nitrogens is 2. The normalized spacial score (nSPS) is 21.5. The number of nitrogens with zero attached hydrogens (tertiary/aromatic N) is 3. The van der Waals surface area contributed by atoms with Crippen LogP contribution in [0.25, 0.3) is 11.4 Å². The Balaban J connectivity index is 1.59. The topological polar surface area (TPSA) is 47.4 Å². The first kappa shape index (κ1) is 19.5. The quantitative estimate of drug-likeness (QED) is 0.556. The number of benzene rings is 2. The summed E-state index contributed by atoms with van der Waals surface area (Å²) in [7, 11) is 0. The average Bonchev–Trinajstić information content (AvgIpc) is 3.41. The van der Waals surface area contributed by atoms with E-state index in [-0.39, 0.29) is 11.4 Å². The van der Waals surface area contributed by atoms with Gasteiger partial charge in [-0.05, 0) is 43.5 Å². The molecule has 2 aromatic carbocycles. The van der Waals surface area contributed by atoms with Crippen molar-refractivity contribution < 1.29 is 9.53 Å². The molecule has 154 valence electrons. The molecule has 1 fully saturated rings. The number of imidazole rings is 1. The van der Waals surface area contributed by atoms with Crippen LogP contribution < -0.4 is 0 Å². The van der Waals surface area contributed by atoms with E-state index < -0.39 is 5.54 Å². The summed E-state index contributed by atoms with van der Waals surface area (Å²) in [5.74, 6) is 1.07. The summed E-state index contributed by atoms with van der Waals surface area (Å²) < 4.78 is 8.84. The first-order valence-electron chi connectivity index (χ1n) is 10.2. The number of rotatable bonds is 4. The van der Waals surface area contributed by atoms with Crippen LogP contribution in [0, 0.1) is 0 Å². The Morgan fingerprint density at radius 3 is 2.67 bits per heavy atom. The third-order valence-corrected chi connectivity index (χ3v) is 6.92. The van der Waals surface area contributed by atoms with Crippen molar-refractivity contribution in [2.24, 2.45) is 0 Å². The minimum Gasteiger partial charge on any atom is -0.359 e. The van der Waals surface area contributed by atoms with E-state index in [9.17, 15) is 4.79 Å². The smallest absolute Gasteiger partial charge is 0.225 e. The average molecular weight is 466 g/mol. The Labute approximate surface area is 184 Å². The van der Waals surface area contributed by atoms with Crippen molar-refractivity contribution in [3.8, 4) is 11.4 Å². The van der Waals surface area contributed by atoms with Crippen molar-refractivity contribution in [1.29, 1.82) is 0 Å². The minimum atomic E-state index is -0.469. The van der Waals surface area contributed by atoms with E-state index in [1.165, 1.54) is 5.56 Å². The predicted molar refractivity (Wildman–Crippen MR) is 119 cm³/mol. The zero-order chi connectivity index (χ0) is 20.9. The van der Waals surface area contributed by atoms with Gasteiger partial charge in [-0.1, -0.05) is 52.3 Å². The molecule has 1 unspecified atom stereocenters. The molecule has 1 saturated heterocycles. The van der Waals surface area contributed by atoms with Crippen LogP contribution in [0.15, 0.2) is 65.4 Å². The predicted octanol–water partition coefficient (Wildman–Crippen LogP) is 4.79. The molecule has 0 spiro atoms. The number of carbonyl (C=O) groups is 1. The van der Waals surface area contributed by atoms with Gasteiger partial charge in [0.1, 0.15) is 12.6 Å². The first-order valence-corrected chi connectivity index (χ1v) is 11.0. The molecule has 3 heterocycles. The molecule has 1 aromatic heterocycles. The van der Waals surface area contributed by atoms with Gasteiger partial charge in [0.2, 0.25) is 5.91 Å². The molecule has 3 aromatic rings. The summed E-state index contributed by atoms with van der Waals surface area (Å²) >= 11 is 3.55. The van der Waals surface area contributed by atoms with Gasteiger partial charge in [-0.25, -0.2) is 4.98 Å². The van der Waals surface area contributed by atoms with E-state index >= 15 is 0 Å². The Morgan fingerprint density at radius 2 is 1.93 bits per heavy atom. The van der Waals surface area contributed by atoms with Crippen molar-refractivity contribution in [3.05, 3.63) is 76.5 Å². The zero-order valence-corrected chi connectivity index (χ0v) is 18.7. The van der Waals surface area contributed by atoms with Crippen molar-refractivity contribution in [2.45, 2.75) is 37.8 Å². The molecule has 30 heavy (non-hydrogen) atoms. The Bertz CT molecular complexity index is 1110. The molecule has 0 aliphatic carbocycles. The van der Waals surface area contributed by atoms with Gasteiger partial charge in [0.15, 0.2) is 0 Å². The highest BCUT2D eigenvalue weighted by atomic mass is 79.9. The largest absolute Gasteiger partial charge is 0.359 e. The molecule has 6 heteroatoms. The number of hydrogen-bond acceptors (Lipinski definition) is 3. The Hall–Kier alpha value is -2.44. The van der Waals surface area contributed by atoms with Crippen LogP contribution in [-0.2, 0) is 15.1 Å². The van der Waals surface area contributed by atoms with Gasteiger partial charge in [-0.15, -0.1) is 0 Å². The van der Waals surface area contributed by atoms with Crippen LogP contribution in [0.3, 0.4) is 0 Å². The maximum Gasteiger partial charge on any atom is 0.225 e. The monoisotopic (exact) mass is 465 g/mol. The number of ether oxygens (including phenoxy) is 1. The van der Waals surface area contributed by atoms with Gasteiger partial charge in [0.05, 0.1) is 17.7 Å². The fourth-order valence-corrected chi connectivity index (χ4v) is 5.13. The number of amides is 1. The van der Waals surface area contributed by atoms with Crippen molar-refractivity contribution in [1.82, 2.24) is 14.5 Å². The van der Waals surface area contributed by atoms with Gasteiger partial charge in [-0.3, -0.25) is 4.79 Å². The van der Waals surface area contributed by atoms with Crippen LogP contribution in [0.5, 0.6) is 0 Å². The maximum absolute atomic E-state index is 13.2. The second-order valence-corrected chi connectivity index (χ2v) is 9.56. The van der Waals surface area contributed by atoms with E-state index in [2.05, 4.69) is 81.8 Å². The number of halogens is 1. The SMILES string of the molecule is CC1(C)COCN1C(=O)CCC1(c2ccc(Br)cc2)c2ccccc2-c2nccn21. The number of fused-ring (bicyclic) bond motifs is 3. The molecule has 1 amide bonds. The molecule has 0 bridgehead atoms. The van der Waals surface area contributed by atoms with Crippen LogP contribution in [0.4, 0.5) is 0 Å². The molecule has 0 saturated carbocycles. The summed E-state index contributed by atoms with van der Waals surface area (Å²) in [6.07, 6.45) is 4.96. The van der Waals surface area contributed by atoms with Crippen LogP contribution in [-0.4, -0.2) is 39.2 Å². The second-order valence-electron chi connectivity index (χ2n) is 8.65. The second kappa shape index (κ2) is 7.06. The van der Waals surface area contributed by atoms with Crippen molar-refractivity contribution in [2.75, 3.05) is 13.3 Å². The highest BCUT2D eigenvalue weighted by Crippen LogP contribution is 2.49. The van der Waals surface area contributed by atoms with Gasteiger partial charge >= 0.3 is 0 Å². The van der Waals surface area contributed by atoms with E-state index in [1.807, 2.05) is 23.4 Å². The lowest BCUT2D eigenvalue weighted by molar-refractivity contribution is -0.135. The Kier molecular flexibility index (Phi) is 4.60. The third kappa shape index (κ3) is 2.85. The lowest BCUT2D eigenvalue weighted by Crippen LogP contribution is -2.45. The minimum absolute atomic E-state index is 0.125. The molecule has 5 nitrogen and oxygen atoms in total. The molecule has 0 N–H and O–H groups in total. The molecule has 2 aliphatic rings. The van der Waals surface area contributed by atoms with E-state index in [0.717, 1.165) is 21.4 Å². The molecular formula is C24H24BrN3O2. The van der Waals surface area contributed by atoms with Crippen molar-refractivity contribution >= 4 is 21.8 Å². The molecular weight excluding hydrogens is 442 g/mol. The molecule has 2 aliphatic heterocycles. The number of hydrogen-bond donors (Lipinski definition) is 0. The lowest BCUT2D eigenvalue weighted by Gasteiger charge is -2.35. The highest BCUT2D eigenvalue weighted by molar-refractivity contribution is 9.10. The Morgan fingerprint density at radius 1 is 1.17 bits per heavy atom. The standard InChI is InChI=1S/C24H24BrN3O2/c1-23(2)15-30-16-28(23)21(29)11-12-24(17-7-9-18(25)10-8-17)20-6-4-3-5-19(20)22-26-13-14-27(22)24/h3-10,13-14H,11-12,15-16H2,1-2H3. The molecule has 0 radical (unpaired) electrons. The lowest BCUT2D eigenvalue weighted by atomic mass is 9.79. The maximum atomic E-state index is 13.2. The van der Waals surface area contributed by atoms with E-state index in [0.29, 0.717) is 26.2 Å². The molecule has 5 rings (SSSR count). The van der Waals surface area contributed by atoms with Gasteiger partial charge in [-0.2, -0.15) is 0 Å². The highest BCUT2D eigenvalue weighted by Gasteiger charge is 2.46. The summed E-state index contributed by atoms with van der Waals surface area (Å²) in [5.41, 5.74) is 2.74. The van der Waals surface area contributed by atoms with Crippen LogP contribution in [0.2, 0.25) is 0 Å².